The van der Waals surface area contributed by atoms with Crippen LogP contribution in [0.2, 0.25) is 0 Å². The van der Waals surface area contributed by atoms with Gasteiger partial charge < -0.3 is 14.8 Å². The van der Waals surface area contributed by atoms with Crippen molar-refractivity contribution >= 4 is 17.3 Å². The van der Waals surface area contributed by atoms with E-state index in [2.05, 4.69) is 26.1 Å². The van der Waals surface area contributed by atoms with E-state index in [4.69, 9.17) is 9.47 Å². The van der Waals surface area contributed by atoms with Crippen LogP contribution >= 0.6 is 0 Å². The average molecular weight is 372 g/mol. The molecule has 144 valence electrons. The molecule has 27 heavy (non-hydrogen) atoms. The Morgan fingerprint density at radius 2 is 1.78 bits per heavy atom. The van der Waals surface area contributed by atoms with Gasteiger partial charge in [-0.3, -0.25) is 14.9 Å². The number of anilines is 1. The summed E-state index contributed by atoms with van der Waals surface area (Å²) in [6.45, 7) is 7.96. The van der Waals surface area contributed by atoms with Crippen molar-refractivity contribution < 1.29 is 19.2 Å². The maximum Gasteiger partial charge on any atom is 0.271 e. The number of nitrogens with one attached hydrogen (secondary N) is 1. The molecular weight excluding hydrogens is 348 g/mol. The molecule has 0 radical (unpaired) electrons. The fraction of sp³-hybridized carbons (Fsp3) is 0.350. The topological polar surface area (TPSA) is 90.7 Å². The largest absolute Gasteiger partial charge is 0.495 e. The third-order valence-corrected chi connectivity index (χ3v) is 4.05. The van der Waals surface area contributed by atoms with Gasteiger partial charge in [0.1, 0.15) is 11.5 Å². The SMILES string of the molecule is COc1ccc([N+](=O)[O-])cc1NC(=O)[C@@H](C)Oc1ccc(C(C)(C)C)cc1. The maximum absolute atomic E-state index is 12.4. The van der Waals surface area contributed by atoms with Crippen LogP contribution in [0.4, 0.5) is 11.4 Å². The highest BCUT2D eigenvalue weighted by Crippen LogP contribution is 2.29. The lowest BCUT2D eigenvalue weighted by molar-refractivity contribution is -0.384. The Morgan fingerprint density at radius 3 is 2.30 bits per heavy atom. The van der Waals surface area contributed by atoms with E-state index in [9.17, 15) is 14.9 Å². The predicted molar refractivity (Wildman–Crippen MR) is 104 cm³/mol. The lowest BCUT2D eigenvalue weighted by atomic mass is 9.87. The summed E-state index contributed by atoms with van der Waals surface area (Å²) in [7, 11) is 1.42. The summed E-state index contributed by atoms with van der Waals surface area (Å²) < 4.78 is 10.8. The summed E-state index contributed by atoms with van der Waals surface area (Å²) in [5, 5.41) is 13.6. The lowest BCUT2D eigenvalue weighted by Crippen LogP contribution is -2.30. The van der Waals surface area contributed by atoms with Crippen molar-refractivity contribution in [1.82, 2.24) is 0 Å². The molecule has 0 bridgehead atoms. The molecule has 1 atom stereocenters. The second-order valence-corrected chi connectivity index (χ2v) is 7.17. The minimum Gasteiger partial charge on any atom is -0.495 e. The summed E-state index contributed by atoms with van der Waals surface area (Å²) in [6, 6.07) is 11.6. The molecule has 2 aromatic rings. The van der Waals surface area contributed by atoms with Crippen molar-refractivity contribution in [3.63, 3.8) is 0 Å². The van der Waals surface area contributed by atoms with Gasteiger partial charge in [-0.1, -0.05) is 32.9 Å². The molecule has 0 saturated heterocycles. The van der Waals surface area contributed by atoms with Crippen LogP contribution in [0, 0.1) is 10.1 Å². The number of non-ortho nitro benzene ring substituents is 1. The monoisotopic (exact) mass is 372 g/mol. The summed E-state index contributed by atoms with van der Waals surface area (Å²) >= 11 is 0. The maximum atomic E-state index is 12.4. The van der Waals surface area contributed by atoms with Gasteiger partial charge in [-0.25, -0.2) is 0 Å². The summed E-state index contributed by atoms with van der Waals surface area (Å²) in [4.78, 5) is 22.8. The van der Waals surface area contributed by atoms with Gasteiger partial charge in [-0.05, 0) is 36.1 Å². The number of hydrogen-bond acceptors (Lipinski definition) is 5. The van der Waals surface area contributed by atoms with E-state index in [0.29, 0.717) is 11.5 Å². The first kappa shape index (κ1) is 20.2. The highest BCUT2D eigenvalue weighted by molar-refractivity contribution is 5.95. The summed E-state index contributed by atoms with van der Waals surface area (Å²) in [5.41, 5.74) is 1.26. The summed E-state index contributed by atoms with van der Waals surface area (Å²) in [5.74, 6) is 0.459. The van der Waals surface area contributed by atoms with Crippen molar-refractivity contribution in [2.75, 3.05) is 12.4 Å². The zero-order valence-electron chi connectivity index (χ0n) is 16.1. The molecule has 0 aliphatic rings. The molecule has 0 aromatic heterocycles. The number of carbonyl (C=O) groups excluding carboxylic acids is 1. The van der Waals surface area contributed by atoms with Crippen molar-refractivity contribution in [1.29, 1.82) is 0 Å². The normalized spacial score (nSPS) is 12.2. The number of hydrogen-bond donors (Lipinski definition) is 1. The van der Waals surface area contributed by atoms with Gasteiger partial charge >= 0.3 is 0 Å². The van der Waals surface area contributed by atoms with Gasteiger partial charge in [-0.2, -0.15) is 0 Å². The number of rotatable bonds is 6. The molecule has 0 aliphatic heterocycles. The first-order chi connectivity index (χ1) is 12.6. The number of nitro groups is 1. The number of ether oxygens (including phenoxy) is 2. The van der Waals surface area contributed by atoms with Crippen LogP contribution in [-0.4, -0.2) is 24.0 Å². The molecule has 0 saturated carbocycles. The third-order valence-electron chi connectivity index (χ3n) is 4.05. The number of nitrogens with zero attached hydrogens (tertiary/aromatic N) is 1. The number of methoxy groups -OCH3 is 1. The van der Waals surface area contributed by atoms with Crippen molar-refractivity contribution in [2.45, 2.75) is 39.2 Å². The predicted octanol–water partition coefficient (Wildman–Crippen LogP) is 4.31. The first-order valence-corrected chi connectivity index (χ1v) is 8.52. The molecule has 0 spiro atoms. The van der Waals surface area contributed by atoms with Crippen molar-refractivity contribution in [3.05, 3.63) is 58.1 Å². The van der Waals surface area contributed by atoms with E-state index in [1.54, 1.807) is 6.92 Å². The van der Waals surface area contributed by atoms with Crippen molar-refractivity contribution in [2.24, 2.45) is 0 Å². The minimum atomic E-state index is -0.797. The molecule has 7 nitrogen and oxygen atoms in total. The van der Waals surface area contributed by atoms with Crippen LogP contribution < -0.4 is 14.8 Å². The van der Waals surface area contributed by atoms with Crippen LogP contribution in [0.25, 0.3) is 0 Å². The molecular formula is C20H24N2O5. The van der Waals surface area contributed by atoms with E-state index < -0.39 is 16.9 Å². The molecule has 1 N–H and O–H groups in total. The molecule has 0 heterocycles. The Bertz CT molecular complexity index is 825. The highest BCUT2D eigenvalue weighted by atomic mass is 16.6. The van der Waals surface area contributed by atoms with Gasteiger partial charge in [0.15, 0.2) is 6.10 Å². The van der Waals surface area contributed by atoms with E-state index in [1.807, 2.05) is 24.3 Å². The smallest absolute Gasteiger partial charge is 0.271 e. The van der Waals surface area contributed by atoms with Crippen LogP contribution in [0.1, 0.15) is 33.3 Å². The van der Waals surface area contributed by atoms with Gasteiger partial charge in [0, 0.05) is 12.1 Å². The Kier molecular flexibility index (Phi) is 6.05. The minimum absolute atomic E-state index is 0.0279. The van der Waals surface area contributed by atoms with E-state index in [-0.39, 0.29) is 16.8 Å². The number of nitro benzene ring substituents is 1. The Balaban J connectivity index is 2.09. The fourth-order valence-electron chi connectivity index (χ4n) is 2.43. The standard InChI is InChI=1S/C20H24N2O5/c1-13(27-16-9-6-14(7-10-16)20(2,3)4)19(23)21-17-12-15(22(24)25)8-11-18(17)26-5/h6-13H,1-5H3,(H,21,23)/t13-/m1/s1. The molecule has 1 amide bonds. The van der Waals surface area contributed by atoms with Gasteiger partial charge in [0.25, 0.3) is 11.6 Å². The summed E-state index contributed by atoms with van der Waals surface area (Å²) in [6.07, 6.45) is -0.797. The number of amides is 1. The molecule has 0 fully saturated rings. The Hall–Kier alpha value is -3.09. The zero-order valence-corrected chi connectivity index (χ0v) is 16.1. The van der Waals surface area contributed by atoms with E-state index in [0.717, 1.165) is 5.56 Å². The van der Waals surface area contributed by atoms with Crippen LogP contribution in [0.3, 0.4) is 0 Å². The van der Waals surface area contributed by atoms with Gasteiger partial charge in [-0.15, -0.1) is 0 Å². The fourth-order valence-corrected chi connectivity index (χ4v) is 2.43. The third kappa shape index (κ3) is 5.20. The molecule has 2 rings (SSSR count). The Morgan fingerprint density at radius 1 is 1.15 bits per heavy atom. The molecule has 2 aromatic carbocycles. The van der Waals surface area contributed by atoms with Gasteiger partial charge in [0.2, 0.25) is 0 Å². The zero-order chi connectivity index (χ0) is 20.2. The molecule has 0 aliphatic carbocycles. The number of carbonyl (C=O) groups is 1. The first-order valence-electron chi connectivity index (χ1n) is 8.52. The van der Waals surface area contributed by atoms with E-state index in [1.165, 1.54) is 25.3 Å². The van der Waals surface area contributed by atoms with Crippen LogP contribution in [0.5, 0.6) is 11.5 Å². The van der Waals surface area contributed by atoms with E-state index >= 15 is 0 Å². The lowest BCUT2D eigenvalue weighted by Gasteiger charge is -2.20. The second-order valence-electron chi connectivity index (χ2n) is 7.17. The second kappa shape index (κ2) is 8.07. The highest BCUT2D eigenvalue weighted by Gasteiger charge is 2.19. The van der Waals surface area contributed by atoms with Crippen LogP contribution in [0.15, 0.2) is 42.5 Å². The van der Waals surface area contributed by atoms with Crippen LogP contribution in [-0.2, 0) is 10.2 Å². The molecule has 0 unspecified atom stereocenters. The molecule has 7 heteroatoms. The quantitative estimate of drug-likeness (QED) is 0.603. The van der Waals surface area contributed by atoms with Crippen molar-refractivity contribution in [3.8, 4) is 11.5 Å². The Labute approximate surface area is 158 Å². The van der Waals surface area contributed by atoms with Gasteiger partial charge in [0.05, 0.1) is 17.7 Å². The number of benzene rings is 2. The average Bonchev–Trinajstić information content (AvgIpc) is 2.61.